The first-order valence-electron chi connectivity index (χ1n) is 4.30. The minimum absolute atomic E-state index is 0.0608. The SMILES string of the molecule is CCCOC(=O)c1cc(Br)ccc1O. The summed E-state index contributed by atoms with van der Waals surface area (Å²) in [6.07, 6.45) is 0.764. The number of ether oxygens (including phenoxy) is 1. The number of aromatic hydroxyl groups is 1. The van der Waals surface area contributed by atoms with Gasteiger partial charge in [-0.05, 0) is 24.6 Å². The molecule has 0 aliphatic carbocycles. The van der Waals surface area contributed by atoms with Crippen molar-refractivity contribution in [2.45, 2.75) is 13.3 Å². The van der Waals surface area contributed by atoms with E-state index in [2.05, 4.69) is 15.9 Å². The van der Waals surface area contributed by atoms with Crippen molar-refractivity contribution >= 4 is 21.9 Å². The molecule has 1 N–H and O–H groups in total. The monoisotopic (exact) mass is 258 g/mol. The normalized spacial score (nSPS) is 9.86. The fraction of sp³-hybridized carbons (Fsp3) is 0.300. The molecule has 0 heterocycles. The summed E-state index contributed by atoms with van der Waals surface area (Å²) in [7, 11) is 0. The minimum Gasteiger partial charge on any atom is -0.507 e. The average molecular weight is 259 g/mol. The summed E-state index contributed by atoms with van der Waals surface area (Å²) in [6, 6.07) is 4.64. The first kappa shape index (κ1) is 11.0. The number of esters is 1. The van der Waals surface area contributed by atoms with Crippen LogP contribution in [0.1, 0.15) is 23.7 Å². The molecule has 0 aliphatic rings. The summed E-state index contributed by atoms with van der Waals surface area (Å²) in [5.74, 6) is -0.556. The second-order valence-corrected chi connectivity index (χ2v) is 3.71. The quantitative estimate of drug-likeness (QED) is 0.849. The third-order valence-electron chi connectivity index (χ3n) is 1.62. The lowest BCUT2D eigenvalue weighted by molar-refractivity contribution is 0.0502. The van der Waals surface area contributed by atoms with Gasteiger partial charge >= 0.3 is 5.97 Å². The zero-order chi connectivity index (χ0) is 10.6. The second-order valence-electron chi connectivity index (χ2n) is 2.80. The Hall–Kier alpha value is -1.03. The molecule has 1 rings (SSSR count). The van der Waals surface area contributed by atoms with Crippen molar-refractivity contribution in [1.29, 1.82) is 0 Å². The topological polar surface area (TPSA) is 46.5 Å². The van der Waals surface area contributed by atoms with Gasteiger partial charge in [-0.15, -0.1) is 0 Å². The van der Waals surface area contributed by atoms with Gasteiger partial charge in [-0.25, -0.2) is 4.79 Å². The molecule has 14 heavy (non-hydrogen) atoms. The molecule has 0 saturated carbocycles. The third-order valence-corrected chi connectivity index (χ3v) is 2.11. The standard InChI is InChI=1S/C10H11BrO3/c1-2-5-14-10(13)8-6-7(11)3-4-9(8)12/h3-4,6,12H,2,5H2,1H3. The molecule has 0 atom stereocenters. The largest absolute Gasteiger partial charge is 0.507 e. The number of halogens is 1. The molecule has 0 radical (unpaired) electrons. The van der Waals surface area contributed by atoms with E-state index in [9.17, 15) is 9.90 Å². The van der Waals surface area contributed by atoms with Crippen LogP contribution in [0.3, 0.4) is 0 Å². The van der Waals surface area contributed by atoms with Gasteiger partial charge in [-0.3, -0.25) is 0 Å². The van der Waals surface area contributed by atoms with E-state index in [4.69, 9.17) is 4.74 Å². The van der Waals surface area contributed by atoms with Crippen molar-refractivity contribution in [2.75, 3.05) is 6.61 Å². The molecule has 0 fully saturated rings. The first-order chi connectivity index (χ1) is 6.65. The maximum atomic E-state index is 11.4. The fourth-order valence-electron chi connectivity index (χ4n) is 0.944. The number of benzene rings is 1. The van der Waals surface area contributed by atoms with Crippen LogP contribution in [-0.4, -0.2) is 17.7 Å². The van der Waals surface area contributed by atoms with E-state index in [1.807, 2.05) is 6.92 Å². The van der Waals surface area contributed by atoms with Crippen LogP contribution >= 0.6 is 15.9 Å². The molecule has 76 valence electrons. The predicted octanol–water partition coefficient (Wildman–Crippen LogP) is 2.72. The van der Waals surface area contributed by atoms with Gasteiger partial charge in [0.25, 0.3) is 0 Å². The molecule has 3 nitrogen and oxygen atoms in total. The Morgan fingerprint density at radius 2 is 2.29 bits per heavy atom. The molecule has 0 saturated heterocycles. The van der Waals surface area contributed by atoms with Crippen molar-refractivity contribution in [1.82, 2.24) is 0 Å². The number of hydrogen-bond acceptors (Lipinski definition) is 3. The molecule has 1 aromatic carbocycles. The van der Waals surface area contributed by atoms with Crippen LogP contribution in [0.2, 0.25) is 0 Å². The van der Waals surface area contributed by atoms with Gasteiger partial charge in [0.15, 0.2) is 0 Å². The Morgan fingerprint density at radius 1 is 1.57 bits per heavy atom. The maximum absolute atomic E-state index is 11.4. The summed E-state index contributed by atoms with van der Waals surface area (Å²) in [4.78, 5) is 11.4. The van der Waals surface area contributed by atoms with E-state index in [1.54, 1.807) is 6.07 Å². The first-order valence-corrected chi connectivity index (χ1v) is 5.10. The molecule has 4 heteroatoms. The number of carbonyl (C=O) groups excluding carboxylic acids is 1. The van der Waals surface area contributed by atoms with Gasteiger partial charge in [0.2, 0.25) is 0 Å². The van der Waals surface area contributed by atoms with Gasteiger partial charge in [-0.1, -0.05) is 22.9 Å². The summed E-state index contributed by atoms with van der Waals surface area (Å²) >= 11 is 3.21. The van der Waals surface area contributed by atoms with E-state index in [0.717, 1.165) is 10.9 Å². The van der Waals surface area contributed by atoms with Crippen molar-refractivity contribution in [3.8, 4) is 5.75 Å². The smallest absolute Gasteiger partial charge is 0.341 e. The van der Waals surface area contributed by atoms with Crippen molar-refractivity contribution < 1.29 is 14.6 Å². The Labute approximate surface area is 90.8 Å². The van der Waals surface area contributed by atoms with Crippen LogP contribution in [0.5, 0.6) is 5.75 Å². The van der Waals surface area contributed by atoms with Crippen LogP contribution in [0.25, 0.3) is 0 Å². The number of rotatable bonds is 3. The number of phenols is 1. The number of carbonyl (C=O) groups is 1. The second kappa shape index (κ2) is 5.00. The Bertz CT molecular complexity index is 336. The predicted molar refractivity (Wildman–Crippen MR) is 56.4 cm³/mol. The molecule has 0 unspecified atom stereocenters. The Kier molecular flexibility index (Phi) is 3.95. The number of hydrogen-bond donors (Lipinski definition) is 1. The van der Waals surface area contributed by atoms with Crippen LogP contribution in [0, 0.1) is 0 Å². The lowest BCUT2D eigenvalue weighted by atomic mass is 10.2. The van der Waals surface area contributed by atoms with Crippen molar-refractivity contribution in [3.05, 3.63) is 28.2 Å². The zero-order valence-electron chi connectivity index (χ0n) is 7.79. The van der Waals surface area contributed by atoms with Gasteiger partial charge in [0, 0.05) is 4.47 Å². The molecule has 0 aromatic heterocycles. The lowest BCUT2D eigenvalue weighted by Gasteiger charge is -2.05. The van der Waals surface area contributed by atoms with Crippen LogP contribution < -0.4 is 0 Å². The van der Waals surface area contributed by atoms with E-state index in [1.165, 1.54) is 12.1 Å². The van der Waals surface area contributed by atoms with Crippen LogP contribution in [0.15, 0.2) is 22.7 Å². The lowest BCUT2D eigenvalue weighted by Crippen LogP contribution is -2.06. The molecule has 1 aromatic rings. The third kappa shape index (κ3) is 2.73. The van der Waals surface area contributed by atoms with E-state index in [-0.39, 0.29) is 11.3 Å². The highest BCUT2D eigenvalue weighted by atomic mass is 79.9. The van der Waals surface area contributed by atoms with Gasteiger partial charge in [-0.2, -0.15) is 0 Å². The molecule has 0 aliphatic heterocycles. The molecule has 0 spiro atoms. The van der Waals surface area contributed by atoms with Gasteiger partial charge in [0.05, 0.1) is 6.61 Å². The zero-order valence-corrected chi connectivity index (χ0v) is 9.37. The minimum atomic E-state index is -0.495. The Morgan fingerprint density at radius 3 is 2.93 bits per heavy atom. The van der Waals surface area contributed by atoms with Gasteiger partial charge < -0.3 is 9.84 Å². The van der Waals surface area contributed by atoms with Crippen LogP contribution in [-0.2, 0) is 4.74 Å². The highest BCUT2D eigenvalue weighted by molar-refractivity contribution is 9.10. The van der Waals surface area contributed by atoms with Crippen LogP contribution in [0.4, 0.5) is 0 Å². The van der Waals surface area contributed by atoms with Crippen molar-refractivity contribution in [3.63, 3.8) is 0 Å². The summed E-state index contributed by atoms with van der Waals surface area (Å²) in [6.45, 7) is 2.28. The van der Waals surface area contributed by atoms with Gasteiger partial charge in [0.1, 0.15) is 11.3 Å². The fourth-order valence-corrected chi connectivity index (χ4v) is 1.31. The average Bonchev–Trinajstić information content (AvgIpc) is 2.18. The summed E-state index contributed by atoms with van der Waals surface area (Å²) in [5, 5.41) is 9.38. The summed E-state index contributed by atoms with van der Waals surface area (Å²) in [5.41, 5.74) is 0.188. The highest BCUT2D eigenvalue weighted by Gasteiger charge is 2.12. The summed E-state index contributed by atoms with van der Waals surface area (Å²) < 4.78 is 5.63. The van der Waals surface area contributed by atoms with Crippen molar-refractivity contribution in [2.24, 2.45) is 0 Å². The molecular weight excluding hydrogens is 248 g/mol. The Balaban J connectivity index is 2.83. The van der Waals surface area contributed by atoms with E-state index >= 15 is 0 Å². The molecule has 0 amide bonds. The number of phenolic OH excluding ortho intramolecular Hbond substituents is 1. The van der Waals surface area contributed by atoms with E-state index < -0.39 is 5.97 Å². The van der Waals surface area contributed by atoms with E-state index in [0.29, 0.717) is 6.61 Å². The highest BCUT2D eigenvalue weighted by Crippen LogP contribution is 2.22. The maximum Gasteiger partial charge on any atom is 0.341 e. The molecular formula is C10H11BrO3. The molecule has 0 bridgehead atoms.